The number of rotatable bonds is 27. The molecule has 1 aromatic heterocycles. The second-order valence-corrected chi connectivity index (χ2v) is 18.7. The monoisotopic (exact) mass is 602 g/mol. The van der Waals surface area contributed by atoms with E-state index in [9.17, 15) is 0 Å². The number of hydrogen-bond donors (Lipinski definition) is 0. The van der Waals surface area contributed by atoms with E-state index in [-0.39, 0.29) is 6.10 Å². The van der Waals surface area contributed by atoms with Crippen molar-refractivity contribution < 1.29 is 13.9 Å². The molecule has 0 aliphatic rings. The molecule has 0 bridgehead atoms. The minimum atomic E-state index is -2.01. The van der Waals surface area contributed by atoms with Gasteiger partial charge in [-0.05, 0) is 35.2 Å². The van der Waals surface area contributed by atoms with Crippen LogP contribution in [0, 0.1) is 6.57 Å². The van der Waals surface area contributed by atoms with E-state index in [4.69, 9.17) is 20.5 Å². The SMILES string of the molecule is [C-]#[N+]c1ccc(O[C@H](COCCCCCCCCCCCCCCCCCC)CO[Si](C(C)C)(C(C)C)C(C)C)cn1. The van der Waals surface area contributed by atoms with Crippen molar-refractivity contribution in [3.8, 4) is 5.75 Å². The summed E-state index contributed by atoms with van der Waals surface area (Å²) in [7, 11) is -2.01. The zero-order valence-corrected chi connectivity index (χ0v) is 29.6. The summed E-state index contributed by atoms with van der Waals surface area (Å²) in [5, 5.41) is 0. The Morgan fingerprint density at radius 1 is 0.690 bits per heavy atom. The molecule has 0 fully saturated rings. The number of unbranched alkanes of at least 4 members (excludes halogenated alkanes) is 15. The second-order valence-electron chi connectivity index (χ2n) is 13.2. The Balaban J connectivity index is 2.31. The summed E-state index contributed by atoms with van der Waals surface area (Å²) in [5.74, 6) is 1.04. The predicted molar refractivity (Wildman–Crippen MR) is 182 cm³/mol. The van der Waals surface area contributed by atoms with Gasteiger partial charge >= 0.3 is 0 Å². The van der Waals surface area contributed by atoms with Crippen molar-refractivity contribution in [1.29, 1.82) is 0 Å². The standard InChI is InChI=1S/C36H66N2O3Si/c1-9-10-11-12-13-14-15-16-17-18-19-20-21-22-23-24-27-39-29-35(41-34-25-26-36(37-8)38-28-34)30-40-42(31(2)3,32(4)5)33(6)7/h25-26,28,31-33,35H,9-24,27,29-30H2,1-7H3/t35-/m1/s1. The first kappa shape index (κ1) is 38.6. The van der Waals surface area contributed by atoms with Gasteiger partial charge in [0, 0.05) is 6.61 Å². The van der Waals surface area contributed by atoms with Gasteiger partial charge in [0.25, 0.3) is 5.82 Å². The molecular formula is C36H66N2O3Si. The quantitative estimate of drug-likeness (QED) is 0.0571. The van der Waals surface area contributed by atoms with Crippen LogP contribution < -0.4 is 4.74 Å². The Morgan fingerprint density at radius 2 is 1.17 bits per heavy atom. The van der Waals surface area contributed by atoms with E-state index >= 15 is 0 Å². The van der Waals surface area contributed by atoms with E-state index in [2.05, 4.69) is 58.3 Å². The highest BCUT2D eigenvalue weighted by Crippen LogP contribution is 2.42. The van der Waals surface area contributed by atoms with Gasteiger partial charge in [0.1, 0.15) is 6.10 Å². The molecule has 0 spiro atoms. The molecule has 6 heteroatoms. The first-order valence-corrected chi connectivity index (χ1v) is 19.6. The first-order chi connectivity index (χ1) is 20.3. The van der Waals surface area contributed by atoms with Crippen LogP contribution in [0.1, 0.15) is 151 Å². The Morgan fingerprint density at radius 3 is 1.57 bits per heavy atom. The Kier molecular flexibility index (Phi) is 22.0. The molecule has 5 nitrogen and oxygen atoms in total. The molecule has 1 rings (SSSR count). The van der Waals surface area contributed by atoms with Gasteiger partial charge in [-0.3, -0.25) is 0 Å². The minimum absolute atomic E-state index is 0.199. The van der Waals surface area contributed by atoms with Crippen molar-refractivity contribution in [2.75, 3.05) is 19.8 Å². The maximum Gasteiger partial charge on any atom is 0.269 e. The van der Waals surface area contributed by atoms with Crippen LogP contribution in [0.2, 0.25) is 16.6 Å². The maximum atomic E-state index is 7.15. The summed E-state index contributed by atoms with van der Waals surface area (Å²) in [6.07, 6.45) is 23.4. The van der Waals surface area contributed by atoms with Crippen LogP contribution in [-0.2, 0) is 9.16 Å². The van der Waals surface area contributed by atoms with Crippen molar-refractivity contribution in [3.05, 3.63) is 29.7 Å². The lowest BCUT2D eigenvalue weighted by Gasteiger charge is -2.42. The topological polar surface area (TPSA) is 44.9 Å². The maximum absolute atomic E-state index is 7.15. The molecule has 0 N–H and O–H groups in total. The molecule has 0 saturated heterocycles. The summed E-state index contributed by atoms with van der Waals surface area (Å²) in [6.45, 7) is 25.1. The van der Waals surface area contributed by atoms with Crippen LogP contribution in [0.5, 0.6) is 5.75 Å². The fourth-order valence-electron chi connectivity index (χ4n) is 6.52. The zero-order valence-electron chi connectivity index (χ0n) is 28.6. The molecule has 0 unspecified atom stereocenters. The van der Waals surface area contributed by atoms with Crippen LogP contribution >= 0.6 is 0 Å². The summed E-state index contributed by atoms with van der Waals surface area (Å²) in [4.78, 5) is 7.56. The number of aromatic nitrogens is 1. The van der Waals surface area contributed by atoms with Crippen LogP contribution in [0.15, 0.2) is 18.3 Å². The molecule has 42 heavy (non-hydrogen) atoms. The van der Waals surface area contributed by atoms with Crippen molar-refractivity contribution in [1.82, 2.24) is 4.98 Å². The van der Waals surface area contributed by atoms with Crippen molar-refractivity contribution in [3.63, 3.8) is 0 Å². The van der Waals surface area contributed by atoms with Gasteiger partial charge in [-0.1, -0.05) is 151 Å². The van der Waals surface area contributed by atoms with E-state index in [0.717, 1.165) is 13.0 Å². The molecule has 1 atom stereocenters. The third kappa shape index (κ3) is 15.9. The summed E-state index contributed by atoms with van der Waals surface area (Å²) < 4.78 is 19.3. The first-order valence-electron chi connectivity index (χ1n) is 17.5. The van der Waals surface area contributed by atoms with Gasteiger partial charge in [-0.2, -0.15) is 0 Å². The second kappa shape index (κ2) is 24.0. The van der Waals surface area contributed by atoms with Gasteiger partial charge in [0.2, 0.25) is 8.32 Å². The van der Waals surface area contributed by atoms with Crippen LogP contribution in [0.3, 0.4) is 0 Å². The third-order valence-electron chi connectivity index (χ3n) is 8.81. The molecule has 242 valence electrons. The molecule has 0 aliphatic carbocycles. The Bertz CT molecular complexity index is 785. The van der Waals surface area contributed by atoms with Crippen molar-refractivity contribution in [2.24, 2.45) is 0 Å². The number of pyridine rings is 1. The van der Waals surface area contributed by atoms with Gasteiger partial charge in [0.05, 0.1) is 13.2 Å². The van der Waals surface area contributed by atoms with Crippen molar-refractivity contribution >= 4 is 14.1 Å². The smallest absolute Gasteiger partial charge is 0.269 e. The summed E-state index contributed by atoms with van der Waals surface area (Å²) in [6, 6.07) is 3.52. The van der Waals surface area contributed by atoms with Crippen LogP contribution in [-0.4, -0.2) is 39.2 Å². The van der Waals surface area contributed by atoms with Gasteiger partial charge in [-0.15, -0.1) is 4.98 Å². The zero-order chi connectivity index (χ0) is 31.1. The van der Waals surface area contributed by atoms with Gasteiger partial charge in [0.15, 0.2) is 11.9 Å². The molecule has 0 saturated carbocycles. The average Bonchev–Trinajstić information content (AvgIpc) is 2.96. The van der Waals surface area contributed by atoms with Gasteiger partial charge in [-0.25, -0.2) is 0 Å². The molecule has 0 aromatic carbocycles. The van der Waals surface area contributed by atoms with E-state index in [0.29, 0.717) is 41.4 Å². The molecule has 0 amide bonds. The molecule has 0 aliphatic heterocycles. The third-order valence-corrected chi connectivity index (χ3v) is 14.9. The molecule has 1 heterocycles. The molecule has 1 aromatic rings. The largest absolute Gasteiger partial charge is 0.482 e. The number of ether oxygens (including phenoxy) is 2. The summed E-state index contributed by atoms with van der Waals surface area (Å²) >= 11 is 0. The van der Waals surface area contributed by atoms with Gasteiger partial charge < -0.3 is 18.7 Å². The lowest BCUT2D eigenvalue weighted by atomic mass is 10.0. The van der Waals surface area contributed by atoms with E-state index < -0.39 is 8.32 Å². The lowest BCUT2D eigenvalue weighted by molar-refractivity contribution is 0.0205. The van der Waals surface area contributed by atoms with Crippen LogP contribution in [0.4, 0.5) is 5.82 Å². The minimum Gasteiger partial charge on any atom is -0.482 e. The predicted octanol–water partition coefficient (Wildman–Crippen LogP) is 11.8. The summed E-state index contributed by atoms with van der Waals surface area (Å²) in [5.41, 5.74) is 1.55. The highest BCUT2D eigenvalue weighted by molar-refractivity contribution is 6.77. The Labute approximate surface area is 261 Å². The average molecular weight is 603 g/mol. The molecular weight excluding hydrogens is 536 g/mol. The van der Waals surface area contributed by atoms with E-state index in [1.54, 1.807) is 12.3 Å². The highest BCUT2D eigenvalue weighted by Gasteiger charge is 2.45. The Hall–Kier alpha value is -1.42. The van der Waals surface area contributed by atoms with Crippen LogP contribution in [0.25, 0.3) is 4.85 Å². The normalized spacial score (nSPS) is 12.8. The number of hydrogen-bond acceptors (Lipinski definition) is 4. The fraction of sp³-hybridized carbons (Fsp3) is 0.833. The lowest BCUT2D eigenvalue weighted by Crippen LogP contribution is -2.50. The van der Waals surface area contributed by atoms with E-state index in [1.165, 1.54) is 96.3 Å². The number of nitrogens with zero attached hydrogens (tertiary/aromatic N) is 2. The highest BCUT2D eigenvalue weighted by atomic mass is 28.4. The van der Waals surface area contributed by atoms with Crippen molar-refractivity contribution in [2.45, 2.75) is 174 Å². The van der Waals surface area contributed by atoms with E-state index in [1.807, 2.05) is 6.07 Å². The fourth-order valence-corrected chi connectivity index (χ4v) is 12.0. The molecule has 0 radical (unpaired) electrons.